The van der Waals surface area contributed by atoms with E-state index in [1.165, 1.54) is 12.0 Å². The van der Waals surface area contributed by atoms with E-state index in [-0.39, 0.29) is 6.10 Å². The van der Waals surface area contributed by atoms with E-state index in [0.717, 1.165) is 32.4 Å². The molecule has 88 valence electrons. The van der Waals surface area contributed by atoms with Gasteiger partial charge in [-0.15, -0.1) is 0 Å². The van der Waals surface area contributed by atoms with Gasteiger partial charge in [0, 0.05) is 6.54 Å². The van der Waals surface area contributed by atoms with E-state index in [4.69, 9.17) is 0 Å². The van der Waals surface area contributed by atoms with Gasteiger partial charge in [-0.05, 0) is 43.7 Å². The predicted molar refractivity (Wildman–Crippen MR) is 66.4 cm³/mol. The van der Waals surface area contributed by atoms with Crippen LogP contribution in [0.25, 0.3) is 0 Å². The van der Waals surface area contributed by atoms with Crippen LogP contribution in [-0.2, 0) is 6.42 Å². The Morgan fingerprint density at radius 2 is 2.06 bits per heavy atom. The molecule has 0 saturated carbocycles. The number of piperidine rings is 1. The number of hydrogen-bond donors (Lipinski definition) is 2. The predicted octanol–water partition coefficient (Wildman–Crippen LogP) is 1.98. The second kappa shape index (κ2) is 6.02. The number of benzene rings is 1. The summed E-state index contributed by atoms with van der Waals surface area (Å²) in [6, 6.07) is 10.6. The van der Waals surface area contributed by atoms with Crippen LogP contribution in [-0.4, -0.2) is 24.3 Å². The van der Waals surface area contributed by atoms with Crippen LogP contribution >= 0.6 is 0 Å². The molecule has 2 unspecified atom stereocenters. The highest BCUT2D eigenvalue weighted by molar-refractivity contribution is 5.14. The van der Waals surface area contributed by atoms with Gasteiger partial charge in [0.2, 0.25) is 0 Å². The van der Waals surface area contributed by atoms with Crippen molar-refractivity contribution in [2.75, 3.05) is 13.1 Å². The lowest BCUT2D eigenvalue weighted by atomic mass is 9.89. The fourth-order valence-corrected chi connectivity index (χ4v) is 2.45. The van der Waals surface area contributed by atoms with Crippen molar-refractivity contribution in [2.45, 2.75) is 31.8 Å². The average Bonchev–Trinajstić information content (AvgIpc) is 2.33. The Kier molecular flexibility index (Phi) is 4.37. The standard InChI is InChI=1S/C14H21NO/c16-14-11-15-10-9-13(14)8-4-7-12-5-2-1-3-6-12/h1-3,5-6,13-16H,4,7-11H2. The number of hydrogen-bond acceptors (Lipinski definition) is 2. The lowest BCUT2D eigenvalue weighted by molar-refractivity contribution is 0.0761. The van der Waals surface area contributed by atoms with Crippen molar-refractivity contribution in [1.29, 1.82) is 0 Å². The monoisotopic (exact) mass is 219 g/mol. The molecule has 0 amide bonds. The maximum Gasteiger partial charge on any atom is 0.0693 e. The molecule has 2 N–H and O–H groups in total. The molecule has 0 aliphatic carbocycles. The summed E-state index contributed by atoms with van der Waals surface area (Å²) in [4.78, 5) is 0. The van der Waals surface area contributed by atoms with Gasteiger partial charge in [-0.2, -0.15) is 0 Å². The molecule has 1 aromatic rings. The van der Waals surface area contributed by atoms with Gasteiger partial charge in [-0.25, -0.2) is 0 Å². The second-order valence-corrected chi connectivity index (χ2v) is 4.70. The third-order valence-electron chi connectivity index (χ3n) is 3.47. The van der Waals surface area contributed by atoms with E-state index >= 15 is 0 Å². The average molecular weight is 219 g/mol. The van der Waals surface area contributed by atoms with Crippen LogP contribution in [0.3, 0.4) is 0 Å². The van der Waals surface area contributed by atoms with Gasteiger partial charge in [0.15, 0.2) is 0 Å². The molecular weight excluding hydrogens is 198 g/mol. The summed E-state index contributed by atoms with van der Waals surface area (Å²) in [6.45, 7) is 1.84. The Morgan fingerprint density at radius 3 is 2.81 bits per heavy atom. The molecule has 0 aromatic heterocycles. The maximum atomic E-state index is 9.80. The molecular formula is C14H21NO. The fourth-order valence-electron chi connectivity index (χ4n) is 2.45. The molecule has 2 rings (SSSR count). The Balaban J connectivity index is 1.71. The SMILES string of the molecule is OC1CNCCC1CCCc1ccccc1. The first-order chi connectivity index (χ1) is 7.86. The van der Waals surface area contributed by atoms with Crippen LogP contribution in [0, 0.1) is 5.92 Å². The van der Waals surface area contributed by atoms with Gasteiger partial charge in [-0.3, -0.25) is 0 Å². The molecule has 1 heterocycles. The van der Waals surface area contributed by atoms with Crippen molar-refractivity contribution in [3.63, 3.8) is 0 Å². The molecule has 0 bridgehead atoms. The van der Waals surface area contributed by atoms with E-state index in [0.29, 0.717) is 5.92 Å². The summed E-state index contributed by atoms with van der Waals surface area (Å²) in [6.07, 6.45) is 4.46. The highest BCUT2D eigenvalue weighted by atomic mass is 16.3. The Morgan fingerprint density at radius 1 is 1.25 bits per heavy atom. The largest absolute Gasteiger partial charge is 0.392 e. The Hall–Kier alpha value is -0.860. The number of rotatable bonds is 4. The van der Waals surface area contributed by atoms with Crippen LogP contribution in [0.15, 0.2) is 30.3 Å². The van der Waals surface area contributed by atoms with E-state index in [1.807, 2.05) is 0 Å². The molecule has 1 aliphatic rings. The molecule has 0 spiro atoms. The number of nitrogens with one attached hydrogen (secondary N) is 1. The first-order valence-electron chi connectivity index (χ1n) is 6.29. The minimum absolute atomic E-state index is 0.135. The summed E-state index contributed by atoms with van der Waals surface area (Å²) >= 11 is 0. The maximum absolute atomic E-state index is 9.80. The van der Waals surface area contributed by atoms with Crippen LogP contribution in [0.2, 0.25) is 0 Å². The number of aryl methyl sites for hydroxylation is 1. The molecule has 1 saturated heterocycles. The van der Waals surface area contributed by atoms with Gasteiger partial charge in [0.25, 0.3) is 0 Å². The van der Waals surface area contributed by atoms with Crippen LogP contribution < -0.4 is 5.32 Å². The minimum atomic E-state index is -0.135. The van der Waals surface area contributed by atoms with Crippen molar-refractivity contribution < 1.29 is 5.11 Å². The quantitative estimate of drug-likeness (QED) is 0.811. The number of β-amino-alcohol motifs (C(OH)–C–C–N with tert-alkyl or cyclic N) is 1. The van der Waals surface area contributed by atoms with Crippen LogP contribution in [0.1, 0.15) is 24.8 Å². The lowest BCUT2D eigenvalue weighted by Gasteiger charge is -2.28. The zero-order valence-corrected chi connectivity index (χ0v) is 9.73. The van der Waals surface area contributed by atoms with Gasteiger partial charge in [0.1, 0.15) is 0 Å². The van der Waals surface area contributed by atoms with E-state index < -0.39 is 0 Å². The third kappa shape index (κ3) is 3.32. The molecule has 0 radical (unpaired) electrons. The van der Waals surface area contributed by atoms with Gasteiger partial charge < -0.3 is 10.4 Å². The molecule has 2 atom stereocenters. The molecule has 1 aromatic carbocycles. The summed E-state index contributed by atoms with van der Waals surface area (Å²) in [5, 5.41) is 13.0. The van der Waals surface area contributed by atoms with E-state index in [1.54, 1.807) is 0 Å². The summed E-state index contributed by atoms with van der Waals surface area (Å²) < 4.78 is 0. The van der Waals surface area contributed by atoms with Gasteiger partial charge >= 0.3 is 0 Å². The van der Waals surface area contributed by atoms with E-state index in [9.17, 15) is 5.11 Å². The van der Waals surface area contributed by atoms with Crippen molar-refractivity contribution in [3.8, 4) is 0 Å². The molecule has 2 nitrogen and oxygen atoms in total. The molecule has 1 fully saturated rings. The molecule has 16 heavy (non-hydrogen) atoms. The Labute approximate surface area is 97.7 Å². The first kappa shape index (κ1) is 11.6. The molecule has 2 heteroatoms. The van der Waals surface area contributed by atoms with Crippen molar-refractivity contribution in [3.05, 3.63) is 35.9 Å². The van der Waals surface area contributed by atoms with Gasteiger partial charge in [0.05, 0.1) is 6.10 Å². The fraction of sp³-hybridized carbons (Fsp3) is 0.571. The zero-order chi connectivity index (χ0) is 11.2. The molecule has 1 aliphatic heterocycles. The smallest absolute Gasteiger partial charge is 0.0693 e. The highest BCUT2D eigenvalue weighted by Gasteiger charge is 2.21. The second-order valence-electron chi connectivity index (χ2n) is 4.70. The summed E-state index contributed by atoms with van der Waals surface area (Å²) in [7, 11) is 0. The summed E-state index contributed by atoms with van der Waals surface area (Å²) in [5.41, 5.74) is 1.41. The van der Waals surface area contributed by atoms with E-state index in [2.05, 4.69) is 35.6 Å². The zero-order valence-electron chi connectivity index (χ0n) is 9.73. The highest BCUT2D eigenvalue weighted by Crippen LogP contribution is 2.19. The number of aliphatic hydroxyl groups excluding tert-OH is 1. The third-order valence-corrected chi connectivity index (χ3v) is 3.47. The number of aliphatic hydroxyl groups is 1. The van der Waals surface area contributed by atoms with Crippen LogP contribution in [0.5, 0.6) is 0 Å². The summed E-state index contributed by atoms with van der Waals surface area (Å²) in [5.74, 6) is 0.505. The lowest BCUT2D eigenvalue weighted by Crippen LogP contribution is -2.40. The minimum Gasteiger partial charge on any atom is -0.392 e. The van der Waals surface area contributed by atoms with Crippen molar-refractivity contribution in [1.82, 2.24) is 5.32 Å². The first-order valence-corrected chi connectivity index (χ1v) is 6.29. The van der Waals surface area contributed by atoms with Gasteiger partial charge in [-0.1, -0.05) is 30.3 Å². The topological polar surface area (TPSA) is 32.3 Å². The van der Waals surface area contributed by atoms with Crippen molar-refractivity contribution >= 4 is 0 Å². The normalized spacial score (nSPS) is 25.6. The van der Waals surface area contributed by atoms with Crippen LogP contribution in [0.4, 0.5) is 0 Å². The Bertz CT molecular complexity index is 299. The van der Waals surface area contributed by atoms with Crippen molar-refractivity contribution in [2.24, 2.45) is 5.92 Å².